The maximum absolute atomic E-state index is 11.1. The summed E-state index contributed by atoms with van der Waals surface area (Å²) in [6, 6.07) is 7.19. The van der Waals surface area contributed by atoms with E-state index in [0.29, 0.717) is 17.3 Å². The van der Waals surface area contributed by atoms with Gasteiger partial charge in [0.15, 0.2) is 5.69 Å². The van der Waals surface area contributed by atoms with Gasteiger partial charge in [0.25, 0.3) is 0 Å². The van der Waals surface area contributed by atoms with Crippen molar-refractivity contribution in [2.24, 2.45) is 0 Å². The lowest BCUT2D eigenvalue weighted by atomic mass is 10.1. The minimum atomic E-state index is -0.483. The Balaban J connectivity index is 2.03. The van der Waals surface area contributed by atoms with Crippen LogP contribution in [0.25, 0.3) is 11.3 Å². The van der Waals surface area contributed by atoms with E-state index in [9.17, 15) is 10.1 Å². The van der Waals surface area contributed by atoms with Crippen molar-refractivity contribution in [3.05, 3.63) is 40.6 Å². The highest BCUT2D eigenvalue weighted by Gasteiger charge is 2.24. The third-order valence-electron chi connectivity index (χ3n) is 3.12. The van der Waals surface area contributed by atoms with Crippen molar-refractivity contribution in [1.82, 2.24) is 9.97 Å². The Labute approximate surface area is 121 Å². The molecule has 1 saturated carbocycles. The van der Waals surface area contributed by atoms with Gasteiger partial charge in [-0.1, -0.05) is 12.1 Å². The van der Waals surface area contributed by atoms with Gasteiger partial charge in [0, 0.05) is 12.6 Å². The van der Waals surface area contributed by atoms with Crippen molar-refractivity contribution >= 4 is 11.6 Å². The largest absolute Gasteiger partial charge is 0.490 e. The van der Waals surface area contributed by atoms with Gasteiger partial charge in [-0.25, -0.2) is 9.97 Å². The first-order valence-electron chi connectivity index (χ1n) is 6.63. The van der Waals surface area contributed by atoms with Crippen LogP contribution in [0.15, 0.2) is 30.5 Å². The van der Waals surface area contributed by atoms with E-state index in [1.807, 2.05) is 6.07 Å². The summed E-state index contributed by atoms with van der Waals surface area (Å²) >= 11 is 0. The van der Waals surface area contributed by atoms with Crippen LogP contribution in [-0.4, -0.2) is 28.0 Å². The fourth-order valence-electron chi connectivity index (χ4n) is 1.94. The topological polar surface area (TPSA) is 90.2 Å². The van der Waals surface area contributed by atoms with Gasteiger partial charge >= 0.3 is 5.69 Å². The summed E-state index contributed by atoms with van der Waals surface area (Å²) in [4.78, 5) is 18.7. The number of nitrogens with zero attached hydrogens (tertiary/aromatic N) is 3. The standard InChI is InChI=1S/C14H14N4O3/c1-15-14-16-8-12(18(19)20)13(17-14)9-3-2-4-11(7-9)21-10-5-6-10/h2-4,7-8,10H,5-6H2,1H3,(H,15,16,17). The second kappa shape index (κ2) is 5.35. The van der Waals surface area contributed by atoms with Crippen molar-refractivity contribution in [2.75, 3.05) is 12.4 Å². The average molecular weight is 286 g/mol. The molecular weight excluding hydrogens is 272 g/mol. The summed E-state index contributed by atoms with van der Waals surface area (Å²) in [6.07, 6.45) is 3.60. The van der Waals surface area contributed by atoms with Crippen LogP contribution >= 0.6 is 0 Å². The second-order valence-corrected chi connectivity index (χ2v) is 4.78. The summed E-state index contributed by atoms with van der Waals surface area (Å²) in [5, 5.41) is 13.9. The molecule has 1 fully saturated rings. The Morgan fingerprint density at radius 1 is 1.43 bits per heavy atom. The molecule has 1 aliphatic rings. The molecule has 7 heteroatoms. The molecule has 1 N–H and O–H groups in total. The second-order valence-electron chi connectivity index (χ2n) is 4.78. The van der Waals surface area contributed by atoms with Crippen LogP contribution in [-0.2, 0) is 0 Å². The van der Waals surface area contributed by atoms with Crippen LogP contribution in [0.1, 0.15) is 12.8 Å². The quantitative estimate of drug-likeness (QED) is 0.671. The van der Waals surface area contributed by atoms with E-state index in [4.69, 9.17) is 4.74 Å². The fraction of sp³-hybridized carbons (Fsp3) is 0.286. The molecular formula is C14H14N4O3. The molecule has 7 nitrogen and oxygen atoms in total. The molecule has 0 bridgehead atoms. The molecule has 0 unspecified atom stereocenters. The minimum Gasteiger partial charge on any atom is -0.490 e. The number of rotatable bonds is 5. The van der Waals surface area contributed by atoms with Crippen LogP contribution in [0, 0.1) is 10.1 Å². The summed E-state index contributed by atoms with van der Waals surface area (Å²) in [7, 11) is 1.66. The Morgan fingerprint density at radius 2 is 2.24 bits per heavy atom. The number of hydrogen-bond acceptors (Lipinski definition) is 6. The van der Waals surface area contributed by atoms with Gasteiger partial charge in [-0.2, -0.15) is 0 Å². The van der Waals surface area contributed by atoms with Crippen LogP contribution in [0.4, 0.5) is 11.6 Å². The predicted molar refractivity (Wildman–Crippen MR) is 77.3 cm³/mol. The zero-order valence-corrected chi connectivity index (χ0v) is 11.4. The zero-order valence-electron chi connectivity index (χ0n) is 11.4. The number of nitrogens with one attached hydrogen (secondary N) is 1. The van der Waals surface area contributed by atoms with Crippen molar-refractivity contribution in [2.45, 2.75) is 18.9 Å². The van der Waals surface area contributed by atoms with Crippen molar-refractivity contribution in [3.63, 3.8) is 0 Å². The Bertz CT molecular complexity index is 686. The number of hydrogen-bond donors (Lipinski definition) is 1. The minimum absolute atomic E-state index is 0.127. The van der Waals surface area contributed by atoms with Crippen molar-refractivity contribution in [3.8, 4) is 17.0 Å². The smallest absolute Gasteiger partial charge is 0.313 e. The highest BCUT2D eigenvalue weighted by atomic mass is 16.6. The highest BCUT2D eigenvalue weighted by Crippen LogP contribution is 2.32. The van der Waals surface area contributed by atoms with E-state index >= 15 is 0 Å². The maximum atomic E-state index is 11.1. The molecule has 3 rings (SSSR count). The molecule has 1 aromatic heterocycles. The van der Waals surface area contributed by atoms with E-state index in [1.165, 1.54) is 6.20 Å². The van der Waals surface area contributed by atoms with Crippen LogP contribution in [0.2, 0.25) is 0 Å². The first-order chi connectivity index (χ1) is 10.2. The fourth-order valence-corrected chi connectivity index (χ4v) is 1.94. The Hall–Kier alpha value is -2.70. The van der Waals surface area contributed by atoms with Crippen molar-refractivity contribution < 1.29 is 9.66 Å². The molecule has 0 saturated heterocycles. The van der Waals surface area contributed by atoms with Crippen LogP contribution in [0.3, 0.4) is 0 Å². The zero-order chi connectivity index (χ0) is 14.8. The van der Waals surface area contributed by atoms with Crippen LogP contribution < -0.4 is 10.1 Å². The number of benzene rings is 1. The van der Waals surface area contributed by atoms with Gasteiger partial charge in [0.05, 0.1) is 11.0 Å². The lowest BCUT2D eigenvalue weighted by molar-refractivity contribution is -0.384. The molecule has 0 spiro atoms. The van der Waals surface area contributed by atoms with Gasteiger partial charge in [0.1, 0.15) is 11.9 Å². The first kappa shape index (κ1) is 13.3. The lowest BCUT2D eigenvalue weighted by Crippen LogP contribution is -2.02. The predicted octanol–water partition coefficient (Wildman–Crippen LogP) is 2.63. The summed E-state index contributed by atoms with van der Waals surface area (Å²) in [6.45, 7) is 0. The SMILES string of the molecule is CNc1ncc([N+](=O)[O-])c(-c2cccc(OC3CC3)c2)n1. The molecule has 21 heavy (non-hydrogen) atoms. The van der Waals surface area contributed by atoms with Crippen LogP contribution in [0.5, 0.6) is 5.75 Å². The summed E-state index contributed by atoms with van der Waals surface area (Å²) in [5.74, 6) is 1.04. The number of anilines is 1. The normalized spacial score (nSPS) is 13.8. The molecule has 0 atom stereocenters. The molecule has 108 valence electrons. The lowest BCUT2D eigenvalue weighted by Gasteiger charge is -2.08. The third kappa shape index (κ3) is 2.91. The third-order valence-corrected chi connectivity index (χ3v) is 3.12. The Morgan fingerprint density at radius 3 is 2.90 bits per heavy atom. The molecule has 0 amide bonds. The van der Waals surface area contributed by atoms with Gasteiger partial charge in [-0.3, -0.25) is 10.1 Å². The summed E-state index contributed by atoms with van der Waals surface area (Å²) in [5.41, 5.74) is 0.789. The number of nitro groups is 1. The Kier molecular flexibility index (Phi) is 3.39. The monoisotopic (exact) mass is 286 g/mol. The number of ether oxygens (including phenoxy) is 1. The molecule has 0 radical (unpaired) electrons. The summed E-state index contributed by atoms with van der Waals surface area (Å²) < 4.78 is 5.72. The van der Waals surface area contributed by atoms with E-state index in [0.717, 1.165) is 12.8 Å². The van der Waals surface area contributed by atoms with Crippen molar-refractivity contribution in [1.29, 1.82) is 0 Å². The molecule has 1 aliphatic carbocycles. The van der Waals surface area contributed by atoms with Gasteiger partial charge in [-0.15, -0.1) is 0 Å². The molecule has 1 heterocycles. The van der Waals surface area contributed by atoms with Gasteiger partial charge < -0.3 is 10.1 Å². The van der Waals surface area contributed by atoms with E-state index < -0.39 is 4.92 Å². The van der Waals surface area contributed by atoms with Gasteiger partial charge in [-0.05, 0) is 25.0 Å². The number of aromatic nitrogens is 2. The van der Waals surface area contributed by atoms with E-state index in [-0.39, 0.29) is 17.5 Å². The van der Waals surface area contributed by atoms with E-state index in [2.05, 4.69) is 15.3 Å². The first-order valence-corrected chi connectivity index (χ1v) is 6.63. The average Bonchev–Trinajstić information content (AvgIpc) is 3.30. The molecule has 2 aromatic rings. The molecule has 1 aromatic carbocycles. The van der Waals surface area contributed by atoms with Gasteiger partial charge in [0.2, 0.25) is 5.95 Å². The highest BCUT2D eigenvalue weighted by molar-refractivity contribution is 5.71. The molecule has 0 aliphatic heterocycles. The van der Waals surface area contributed by atoms with E-state index in [1.54, 1.807) is 25.2 Å². The maximum Gasteiger partial charge on any atom is 0.313 e.